The summed E-state index contributed by atoms with van der Waals surface area (Å²) in [6.07, 6.45) is 1.18. The van der Waals surface area contributed by atoms with Crippen LogP contribution in [0.5, 0.6) is 0 Å². The summed E-state index contributed by atoms with van der Waals surface area (Å²) in [5.74, 6) is 0.705. The molecule has 0 radical (unpaired) electrons. The second-order valence-corrected chi connectivity index (χ2v) is 5.61. The quantitative estimate of drug-likeness (QED) is 0.810. The van der Waals surface area contributed by atoms with Gasteiger partial charge in [0.2, 0.25) is 0 Å². The van der Waals surface area contributed by atoms with E-state index in [0.717, 1.165) is 22.8 Å². The normalized spacial score (nSPS) is 13.4. The first kappa shape index (κ1) is 14.3. The minimum atomic E-state index is 0.533. The van der Waals surface area contributed by atoms with E-state index >= 15 is 0 Å². The lowest BCUT2D eigenvalue weighted by Crippen LogP contribution is -2.30. The van der Waals surface area contributed by atoms with Gasteiger partial charge in [-0.15, -0.1) is 0 Å². The third kappa shape index (κ3) is 4.21. The van der Waals surface area contributed by atoms with Gasteiger partial charge in [0.25, 0.3) is 0 Å². The van der Waals surface area contributed by atoms with Crippen LogP contribution in [0.3, 0.4) is 0 Å². The largest absolute Gasteiger partial charge is 0.398 e. The lowest BCUT2D eigenvalue weighted by molar-refractivity contribution is 0.221. The first-order chi connectivity index (χ1) is 7.91. The van der Waals surface area contributed by atoms with Gasteiger partial charge in [-0.3, -0.25) is 4.90 Å². The summed E-state index contributed by atoms with van der Waals surface area (Å²) in [6, 6.07) is 6.22. The van der Waals surface area contributed by atoms with Crippen LogP contribution >= 0.6 is 11.6 Å². The van der Waals surface area contributed by atoms with E-state index in [1.165, 1.54) is 6.42 Å². The van der Waals surface area contributed by atoms with Gasteiger partial charge in [0.1, 0.15) is 0 Å². The summed E-state index contributed by atoms with van der Waals surface area (Å²) >= 11 is 6.18. The van der Waals surface area contributed by atoms with Crippen LogP contribution in [0.1, 0.15) is 32.8 Å². The van der Waals surface area contributed by atoms with Gasteiger partial charge < -0.3 is 5.73 Å². The van der Waals surface area contributed by atoms with Crippen molar-refractivity contribution < 1.29 is 0 Å². The lowest BCUT2D eigenvalue weighted by atomic mass is 10.0. The molecule has 0 aliphatic rings. The van der Waals surface area contributed by atoms with Crippen LogP contribution in [0.2, 0.25) is 5.02 Å². The van der Waals surface area contributed by atoms with Crippen molar-refractivity contribution in [2.24, 2.45) is 5.92 Å². The second-order valence-electron chi connectivity index (χ2n) is 5.20. The van der Waals surface area contributed by atoms with Crippen molar-refractivity contribution in [3.05, 3.63) is 28.8 Å². The zero-order valence-electron chi connectivity index (χ0n) is 11.2. The third-order valence-electron chi connectivity index (χ3n) is 3.13. The van der Waals surface area contributed by atoms with Gasteiger partial charge in [-0.1, -0.05) is 31.5 Å². The Kier molecular flexibility index (Phi) is 5.29. The highest BCUT2D eigenvalue weighted by Gasteiger charge is 2.14. The monoisotopic (exact) mass is 254 g/mol. The Labute approximate surface area is 110 Å². The van der Waals surface area contributed by atoms with Crippen LogP contribution in [-0.2, 0) is 6.54 Å². The van der Waals surface area contributed by atoms with E-state index in [9.17, 15) is 0 Å². The van der Waals surface area contributed by atoms with Crippen LogP contribution in [-0.4, -0.2) is 18.0 Å². The number of halogens is 1. The minimum absolute atomic E-state index is 0.533. The van der Waals surface area contributed by atoms with Gasteiger partial charge >= 0.3 is 0 Å². The van der Waals surface area contributed by atoms with Crippen LogP contribution < -0.4 is 5.73 Å². The molecule has 0 heterocycles. The Morgan fingerprint density at radius 2 is 1.94 bits per heavy atom. The van der Waals surface area contributed by atoms with Crippen LogP contribution in [0.15, 0.2) is 18.2 Å². The van der Waals surface area contributed by atoms with E-state index in [2.05, 4.69) is 32.7 Å². The molecule has 0 bridgehead atoms. The van der Waals surface area contributed by atoms with Gasteiger partial charge in [0.05, 0.1) is 0 Å². The molecule has 96 valence electrons. The first-order valence-corrected chi connectivity index (χ1v) is 6.52. The maximum atomic E-state index is 6.18. The average molecular weight is 255 g/mol. The van der Waals surface area contributed by atoms with Gasteiger partial charge in [-0.2, -0.15) is 0 Å². The predicted octanol–water partition coefficient (Wildman–Crippen LogP) is 3.79. The predicted molar refractivity (Wildman–Crippen MR) is 76.2 cm³/mol. The number of benzene rings is 1. The van der Waals surface area contributed by atoms with Crippen molar-refractivity contribution in [2.45, 2.75) is 39.8 Å². The molecule has 0 saturated carbocycles. The van der Waals surface area contributed by atoms with Crippen LogP contribution in [0, 0.1) is 5.92 Å². The molecule has 3 heteroatoms. The molecule has 2 nitrogen and oxygen atoms in total. The molecule has 2 N–H and O–H groups in total. The number of nitrogens with two attached hydrogens (primary N) is 1. The molecule has 0 aliphatic heterocycles. The molecular formula is C14H23ClN2. The molecule has 1 unspecified atom stereocenters. The smallest absolute Gasteiger partial charge is 0.0471 e. The van der Waals surface area contributed by atoms with Crippen LogP contribution in [0.25, 0.3) is 0 Å². The van der Waals surface area contributed by atoms with Crippen molar-refractivity contribution in [2.75, 3.05) is 12.8 Å². The third-order valence-corrected chi connectivity index (χ3v) is 3.48. The summed E-state index contributed by atoms with van der Waals surface area (Å²) in [5, 5.41) is 0.758. The molecule has 0 fully saturated rings. The van der Waals surface area contributed by atoms with Crippen molar-refractivity contribution in [3.8, 4) is 0 Å². The van der Waals surface area contributed by atoms with Crippen molar-refractivity contribution in [1.29, 1.82) is 0 Å². The van der Waals surface area contributed by atoms with E-state index < -0.39 is 0 Å². The number of rotatable bonds is 5. The van der Waals surface area contributed by atoms with Gasteiger partial charge in [0.15, 0.2) is 0 Å². The molecule has 1 aromatic rings. The van der Waals surface area contributed by atoms with E-state index in [1.807, 2.05) is 18.2 Å². The summed E-state index contributed by atoms with van der Waals surface area (Å²) in [5.41, 5.74) is 7.77. The van der Waals surface area contributed by atoms with Crippen molar-refractivity contribution in [3.63, 3.8) is 0 Å². The zero-order valence-corrected chi connectivity index (χ0v) is 12.0. The molecule has 0 aliphatic carbocycles. The lowest BCUT2D eigenvalue weighted by Gasteiger charge is -2.27. The molecule has 0 aromatic heterocycles. The fourth-order valence-electron chi connectivity index (χ4n) is 2.01. The fraction of sp³-hybridized carbons (Fsp3) is 0.571. The van der Waals surface area contributed by atoms with E-state index in [4.69, 9.17) is 17.3 Å². The van der Waals surface area contributed by atoms with E-state index in [-0.39, 0.29) is 0 Å². The number of anilines is 1. The minimum Gasteiger partial charge on any atom is -0.398 e. The highest BCUT2D eigenvalue weighted by molar-refractivity contribution is 6.31. The fourth-order valence-corrected chi connectivity index (χ4v) is 2.25. The molecule has 1 rings (SSSR count). The van der Waals surface area contributed by atoms with Crippen LogP contribution in [0.4, 0.5) is 5.69 Å². The number of hydrogen-bond acceptors (Lipinski definition) is 2. The van der Waals surface area contributed by atoms with Gasteiger partial charge in [-0.05, 0) is 38.4 Å². The zero-order chi connectivity index (χ0) is 13.0. The first-order valence-electron chi connectivity index (χ1n) is 6.15. The molecule has 1 atom stereocenters. The number of nitrogens with zero attached hydrogens (tertiary/aromatic N) is 1. The topological polar surface area (TPSA) is 29.3 Å². The highest BCUT2D eigenvalue weighted by Crippen LogP contribution is 2.24. The molecule has 0 spiro atoms. The molecule has 1 aromatic carbocycles. The van der Waals surface area contributed by atoms with Gasteiger partial charge in [0, 0.05) is 28.9 Å². The Bertz CT molecular complexity index is 343. The van der Waals surface area contributed by atoms with Gasteiger partial charge in [-0.25, -0.2) is 0 Å². The molecule has 0 amide bonds. The molecule has 0 saturated heterocycles. The van der Waals surface area contributed by atoms with E-state index in [1.54, 1.807) is 0 Å². The molecule has 17 heavy (non-hydrogen) atoms. The Morgan fingerprint density at radius 3 is 2.47 bits per heavy atom. The van der Waals surface area contributed by atoms with E-state index in [0.29, 0.717) is 12.0 Å². The summed E-state index contributed by atoms with van der Waals surface area (Å²) in [4.78, 5) is 2.30. The van der Waals surface area contributed by atoms with Crippen molar-refractivity contribution >= 4 is 17.3 Å². The number of nitrogen functional groups attached to an aromatic ring is 1. The van der Waals surface area contributed by atoms with Crippen molar-refractivity contribution in [1.82, 2.24) is 4.90 Å². The highest BCUT2D eigenvalue weighted by atomic mass is 35.5. The maximum Gasteiger partial charge on any atom is 0.0471 e. The molecular weight excluding hydrogens is 232 g/mol. The Hall–Kier alpha value is -0.730. The average Bonchev–Trinajstić information content (AvgIpc) is 2.22. The second kappa shape index (κ2) is 6.27. The maximum absolute atomic E-state index is 6.18. The summed E-state index contributed by atoms with van der Waals surface area (Å²) < 4.78 is 0. The number of hydrogen-bond donors (Lipinski definition) is 1. The summed E-state index contributed by atoms with van der Waals surface area (Å²) in [7, 11) is 2.12. The summed E-state index contributed by atoms with van der Waals surface area (Å²) in [6.45, 7) is 7.54. The Balaban J connectivity index is 2.70. The SMILES string of the molecule is CC(C)CC(C)N(C)Cc1c(N)cccc1Cl. The standard InChI is InChI=1S/C14H23ClN2/c1-10(2)8-11(3)17(4)9-12-13(15)6-5-7-14(12)16/h5-7,10-11H,8-9,16H2,1-4H3. The Morgan fingerprint density at radius 1 is 1.29 bits per heavy atom.